The van der Waals surface area contributed by atoms with Crippen molar-refractivity contribution in [2.24, 2.45) is 0 Å². The molecule has 2 aromatic rings. The average Bonchev–Trinajstić information content (AvgIpc) is 2.66. The van der Waals surface area contributed by atoms with Gasteiger partial charge in [-0.25, -0.2) is 4.79 Å². The number of hydrogen-bond donors (Lipinski definition) is 1. The van der Waals surface area contributed by atoms with Crippen LogP contribution in [0.15, 0.2) is 48.5 Å². The van der Waals surface area contributed by atoms with Gasteiger partial charge in [0.2, 0.25) is 5.91 Å². The molecule has 2 aromatic carbocycles. The molecule has 0 heterocycles. The smallest absolute Gasteiger partial charge is 0.338 e. The summed E-state index contributed by atoms with van der Waals surface area (Å²) in [6.45, 7) is 4.70. The van der Waals surface area contributed by atoms with E-state index in [0.717, 1.165) is 18.6 Å². The van der Waals surface area contributed by atoms with Crippen LogP contribution >= 0.6 is 0 Å². The largest absolute Gasteiger partial charge is 0.493 e. The summed E-state index contributed by atoms with van der Waals surface area (Å²) in [7, 11) is 0. The highest BCUT2D eigenvalue weighted by Gasteiger charge is 2.09. The minimum Gasteiger partial charge on any atom is -0.493 e. The van der Waals surface area contributed by atoms with Crippen molar-refractivity contribution in [2.45, 2.75) is 33.1 Å². The average molecular weight is 355 g/mol. The molecule has 0 aromatic heterocycles. The number of hydrogen-bond acceptors (Lipinski definition) is 4. The number of amides is 1. The topological polar surface area (TPSA) is 64.6 Å². The van der Waals surface area contributed by atoms with Crippen molar-refractivity contribution in [3.05, 3.63) is 59.7 Å². The molecule has 0 aliphatic heterocycles. The van der Waals surface area contributed by atoms with Gasteiger partial charge in [-0.15, -0.1) is 0 Å². The quantitative estimate of drug-likeness (QED) is 0.684. The van der Waals surface area contributed by atoms with Crippen LogP contribution in [0.3, 0.4) is 0 Å². The molecule has 0 saturated carbocycles. The summed E-state index contributed by atoms with van der Waals surface area (Å²) in [6.07, 6.45) is 1.97. The highest BCUT2D eigenvalue weighted by molar-refractivity contribution is 5.94. The van der Waals surface area contributed by atoms with Crippen molar-refractivity contribution in [3.63, 3.8) is 0 Å². The van der Waals surface area contributed by atoms with Crippen molar-refractivity contribution >= 4 is 17.6 Å². The number of rotatable bonds is 9. The van der Waals surface area contributed by atoms with E-state index in [2.05, 4.69) is 12.2 Å². The zero-order valence-electron chi connectivity index (χ0n) is 15.3. The molecule has 0 aliphatic rings. The molecule has 0 saturated heterocycles. The lowest BCUT2D eigenvalue weighted by Crippen LogP contribution is -2.15. The second-order valence-corrected chi connectivity index (χ2v) is 5.86. The predicted molar refractivity (Wildman–Crippen MR) is 102 cm³/mol. The number of carbonyl (C=O) groups excluding carboxylic acids is 2. The third kappa shape index (κ3) is 6.24. The molecule has 1 N–H and O–H groups in total. The van der Waals surface area contributed by atoms with Gasteiger partial charge < -0.3 is 14.8 Å². The van der Waals surface area contributed by atoms with Gasteiger partial charge in [-0.3, -0.25) is 4.79 Å². The van der Waals surface area contributed by atoms with E-state index in [9.17, 15) is 9.59 Å². The van der Waals surface area contributed by atoms with E-state index in [4.69, 9.17) is 9.47 Å². The molecule has 5 nitrogen and oxygen atoms in total. The molecule has 0 atom stereocenters. The van der Waals surface area contributed by atoms with Crippen LogP contribution in [0, 0.1) is 0 Å². The van der Waals surface area contributed by atoms with E-state index >= 15 is 0 Å². The van der Waals surface area contributed by atoms with E-state index in [0.29, 0.717) is 17.9 Å². The highest BCUT2D eigenvalue weighted by Crippen LogP contribution is 2.14. The van der Waals surface area contributed by atoms with Gasteiger partial charge >= 0.3 is 5.97 Å². The molecule has 1 amide bonds. The Labute approximate surface area is 154 Å². The molecule has 0 aliphatic carbocycles. The first-order chi connectivity index (χ1) is 12.6. The van der Waals surface area contributed by atoms with Gasteiger partial charge in [0.1, 0.15) is 5.75 Å². The normalized spacial score (nSPS) is 10.2. The van der Waals surface area contributed by atoms with Gasteiger partial charge in [0.05, 0.1) is 25.2 Å². The first-order valence-corrected chi connectivity index (χ1v) is 8.91. The fourth-order valence-corrected chi connectivity index (χ4v) is 2.31. The summed E-state index contributed by atoms with van der Waals surface area (Å²) in [6, 6.07) is 14.6. The Morgan fingerprint density at radius 3 is 2.46 bits per heavy atom. The van der Waals surface area contributed by atoms with Crippen molar-refractivity contribution in [1.29, 1.82) is 0 Å². The summed E-state index contributed by atoms with van der Waals surface area (Å²) < 4.78 is 10.7. The molecule has 0 radical (unpaired) electrons. The molecule has 2 rings (SSSR count). The molecule has 0 fully saturated rings. The van der Waals surface area contributed by atoms with E-state index < -0.39 is 0 Å². The number of carbonyl (C=O) groups is 2. The van der Waals surface area contributed by atoms with E-state index in [1.54, 1.807) is 24.3 Å². The summed E-state index contributed by atoms with van der Waals surface area (Å²) >= 11 is 0. The highest BCUT2D eigenvalue weighted by atomic mass is 16.5. The van der Waals surface area contributed by atoms with Crippen LogP contribution in [0.5, 0.6) is 5.75 Å². The number of nitrogens with one attached hydrogen (secondary N) is 1. The second kappa shape index (κ2) is 10.2. The maximum atomic E-state index is 12.0. The van der Waals surface area contributed by atoms with Crippen LogP contribution in [0.4, 0.5) is 5.69 Å². The van der Waals surface area contributed by atoms with Crippen molar-refractivity contribution < 1.29 is 19.1 Å². The minimum absolute atomic E-state index is 0.172. The number of aryl methyl sites for hydroxylation is 1. The molecule has 138 valence electrons. The number of anilines is 1. The SMILES string of the molecule is CCCOC(=O)c1cccc(NC(=O)CCOc2ccc(CC)cc2)c1. The lowest BCUT2D eigenvalue weighted by atomic mass is 10.2. The zero-order valence-corrected chi connectivity index (χ0v) is 15.3. The van der Waals surface area contributed by atoms with Crippen molar-refractivity contribution in [3.8, 4) is 5.75 Å². The molecule has 0 unspecified atom stereocenters. The van der Waals surface area contributed by atoms with Crippen molar-refractivity contribution in [2.75, 3.05) is 18.5 Å². The summed E-state index contributed by atoms with van der Waals surface area (Å²) in [5, 5.41) is 2.77. The van der Waals surface area contributed by atoms with Gasteiger partial charge in [0.25, 0.3) is 0 Å². The molecule has 5 heteroatoms. The monoisotopic (exact) mass is 355 g/mol. The maximum absolute atomic E-state index is 12.0. The first kappa shape index (κ1) is 19.5. The maximum Gasteiger partial charge on any atom is 0.338 e. The standard InChI is InChI=1S/C21H25NO4/c1-3-13-26-21(24)17-6-5-7-18(15-17)22-20(23)12-14-25-19-10-8-16(4-2)9-11-19/h5-11,15H,3-4,12-14H2,1-2H3,(H,22,23). The summed E-state index contributed by atoms with van der Waals surface area (Å²) in [5.74, 6) is 0.187. The van der Waals surface area contributed by atoms with Gasteiger partial charge in [-0.05, 0) is 48.7 Å². The summed E-state index contributed by atoms with van der Waals surface area (Å²) in [4.78, 5) is 23.9. The van der Waals surface area contributed by atoms with E-state index in [1.165, 1.54) is 5.56 Å². The Bertz CT molecular complexity index is 725. The van der Waals surface area contributed by atoms with Crippen LogP contribution in [-0.2, 0) is 16.0 Å². The van der Waals surface area contributed by atoms with Crippen molar-refractivity contribution in [1.82, 2.24) is 0 Å². The van der Waals surface area contributed by atoms with Gasteiger partial charge in [-0.2, -0.15) is 0 Å². The zero-order chi connectivity index (χ0) is 18.8. The van der Waals surface area contributed by atoms with Gasteiger partial charge in [-0.1, -0.05) is 32.0 Å². The van der Waals surface area contributed by atoms with Crippen LogP contribution < -0.4 is 10.1 Å². The number of esters is 1. The number of ether oxygens (including phenoxy) is 2. The molecule has 26 heavy (non-hydrogen) atoms. The lowest BCUT2D eigenvalue weighted by molar-refractivity contribution is -0.116. The predicted octanol–water partition coefficient (Wildman–Crippen LogP) is 4.22. The Morgan fingerprint density at radius 1 is 1.00 bits per heavy atom. The van der Waals surface area contributed by atoms with Gasteiger partial charge in [0.15, 0.2) is 0 Å². The third-order valence-electron chi connectivity index (χ3n) is 3.75. The second-order valence-electron chi connectivity index (χ2n) is 5.86. The Morgan fingerprint density at radius 2 is 1.77 bits per heavy atom. The Hall–Kier alpha value is -2.82. The molecular weight excluding hydrogens is 330 g/mol. The lowest BCUT2D eigenvalue weighted by Gasteiger charge is -2.09. The first-order valence-electron chi connectivity index (χ1n) is 8.91. The number of benzene rings is 2. The van der Waals surface area contributed by atoms with E-state index in [1.807, 2.05) is 31.2 Å². The fraction of sp³-hybridized carbons (Fsp3) is 0.333. The minimum atomic E-state index is -0.387. The Balaban J connectivity index is 1.80. The van der Waals surface area contributed by atoms with Gasteiger partial charge in [0, 0.05) is 5.69 Å². The van der Waals surface area contributed by atoms with Crippen LogP contribution in [-0.4, -0.2) is 25.1 Å². The third-order valence-corrected chi connectivity index (χ3v) is 3.75. The fourth-order valence-electron chi connectivity index (χ4n) is 2.31. The van der Waals surface area contributed by atoms with Crippen LogP contribution in [0.25, 0.3) is 0 Å². The molecule has 0 bridgehead atoms. The molecular formula is C21H25NO4. The summed E-state index contributed by atoms with van der Waals surface area (Å²) in [5.41, 5.74) is 2.23. The molecule has 0 spiro atoms. The van der Waals surface area contributed by atoms with E-state index in [-0.39, 0.29) is 24.9 Å². The van der Waals surface area contributed by atoms with Crippen LogP contribution in [0.1, 0.15) is 42.6 Å². The van der Waals surface area contributed by atoms with Crippen LogP contribution in [0.2, 0.25) is 0 Å². The Kier molecular flexibility index (Phi) is 7.68.